The van der Waals surface area contributed by atoms with Gasteiger partial charge in [0.25, 0.3) is 0 Å². The van der Waals surface area contributed by atoms with Gasteiger partial charge < -0.3 is 5.73 Å². The van der Waals surface area contributed by atoms with Crippen LogP contribution in [0.25, 0.3) is 0 Å². The van der Waals surface area contributed by atoms with Gasteiger partial charge in [0.15, 0.2) is 0 Å². The average Bonchev–Trinajstić information content (AvgIpc) is 2.30. The molecule has 0 aliphatic rings. The maximum absolute atomic E-state index is 12.8. The van der Waals surface area contributed by atoms with Crippen molar-refractivity contribution >= 4 is 35.0 Å². The fraction of sp³-hybridized carbons (Fsp3) is 0.0769. The lowest BCUT2D eigenvalue weighted by Gasteiger charge is -2.14. The molecule has 0 saturated carbocycles. The first-order chi connectivity index (χ1) is 7.68. The Balaban J connectivity index is 0.00000144. The third-order valence-electron chi connectivity index (χ3n) is 2.47. The normalized spacial score (nSPS) is 11.7. The Labute approximate surface area is 120 Å². The van der Waals surface area contributed by atoms with E-state index in [2.05, 4.69) is 22.6 Å². The molecule has 4 heteroatoms. The van der Waals surface area contributed by atoms with E-state index in [0.717, 1.165) is 14.7 Å². The fourth-order valence-corrected chi connectivity index (χ4v) is 2.30. The molecule has 1 nitrogen and oxygen atoms in total. The van der Waals surface area contributed by atoms with Crippen molar-refractivity contribution in [1.29, 1.82) is 0 Å². The minimum absolute atomic E-state index is 0. The topological polar surface area (TPSA) is 26.0 Å². The summed E-state index contributed by atoms with van der Waals surface area (Å²) >= 11 is 2.25. The van der Waals surface area contributed by atoms with Crippen LogP contribution in [0.1, 0.15) is 17.2 Å². The smallest absolute Gasteiger partial charge is 0.123 e. The van der Waals surface area contributed by atoms with Crippen LogP contribution in [-0.2, 0) is 0 Å². The minimum Gasteiger partial charge on any atom is -0.320 e. The molecular weight excluding hydrogens is 352 g/mol. The van der Waals surface area contributed by atoms with Crippen molar-refractivity contribution in [2.24, 2.45) is 5.73 Å². The SMILES string of the molecule is Cl.NC(c1ccc(F)cc1)c1ccccc1I. The molecule has 0 amide bonds. The van der Waals surface area contributed by atoms with E-state index in [0.29, 0.717) is 0 Å². The summed E-state index contributed by atoms with van der Waals surface area (Å²) in [6.45, 7) is 0. The molecule has 0 heterocycles. The number of nitrogens with two attached hydrogens (primary N) is 1. The molecule has 2 aromatic carbocycles. The standard InChI is InChI=1S/C13H11FIN.ClH/c14-10-7-5-9(6-8-10)13(16)11-3-1-2-4-12(11)15;/h1-8,13H,16H2;1H. The molecule has 17 heavy (non-hydrogen) atoms. The first kappa shape index (κ1) is 14.4. The summed E-state index contributed by atoms with van der Waals surface area (Å²) in [4.78, 5) is 0. The van der Waals surface area contributed by atoms with Crippen LogP contribution < -0.4 is 5.73 Å². The van der Waals surface area contributed by atoms with Crippen molar-refractivity contribution in [3.8, 4) is 0 Å². The second kappa shape index (κ2) is 6.33. The molecular formula is C13H12ClFIN. The van der Waals surface area contributed by atoms with Crippen molar-refractivity contribution < 1.29 is 4.39 Å². The highest BCUT2D eigenvalue weighted by molar-refractivity contribution is 14.1. The van der Waals surface area contributed by atoms with Gasteiger partial charge in [-0.05, 0) is 51.9 Å². The Morgan fingerprint density at radius 2 is 1.59 bits per heavy atom. The van der Waals surface area contributed by atoms with Crippen LogP contribution in [0, 0.1) is 9.39 Å². The molecule has 0 aromatic heterocycles. The van der Waals surface area contributed by atoms with Gasteiger partial charge in [-0.1, -0.05) is 30.3 Å². The fourth-order valence-electron chi connectivity index (χ4n) is 1.58. The summed E-state index contributed by atoms with van der Waals surface area (Å²) in [5.74, 6) is -0.237. The van der Waals surface area contributed by atoms with Crippen LogP contribution in [0.2, 0.25) is 0 Å². The quantitative estimate of drug-likeness (QED) is 0.805. The molecule has 0 radical (unpaired) electrons. The molecule has 1 unspecified atom stereocenters. The van der Waals surface area contributed by atoms with E-state index in [9.17, 15) is 4.39 Å². The summed E-state index contributed by atoms with van der Waals surface area (Å²) in [5, 5.41) is 0. The van der Waals surface area contributed by atoms with E-state index < -0.39 is 0 Å². The molecule has 2 aromatic rings. The number of halogens is 3. The van der Waals surface area contributed by atoms with Gasteiger partial charge in [0, 0.05) is 3.57 Å². The van der Waals surface area contributed by atoms with Crippen LogP contribution in [0.15, 0.2) is 48.5 Å². The van der Waals surface area contributed by atoms with Crippen LogP contribution >= 0.6 is 35.0 Å². The van der Waals surface area contributed by atoms with Gasteiger partial charge in [0.05, 0.1) is 6.04 Å². The van der Waals surface area contributed by atoms with Gasteiger partial charge in [0.2, 0.25) is 0 Å². The summed E-state index contributed by atoms with van der Waals surface area (Å²) in [6, 6.07) is 14.1. The van der Waals surface area contributed by atoms with Crippen molar-refractivity contribution in [1.82, 2.24) is 0 Å². The molecule has 0 saturated heterocycles. The predicted molar refractivity (Wildman–Crippen MR) is 78.8 cm³/mol. The highest BCUT2D eigenvalue weighted by atomic mass is 127. The maximum Gasteiger partial charge on any atom is 0.123 e. The first-order valence-corrected chi connectivity index (χ1v) is 6.02. The minimum atomic E-state index is -0.237. The van der Waals surface area contributed by atoms with E-state index in [1.165, 1.54) is 12.1 Å². The Morgan fingerprint density at radius 1 is 1.00 bits per heavy atom. The number of hydrogen-bond donors (Lipinski definition) is 1. The molecule has 90 valence electrons. The van der Waals surface area contributed by atoms with Crippen molar-refractivity contribution in [3.63, 3.8) is 0 Å². The summed E-state index contributed by atoms with van der Waals surface area (Å²) < 4.78 is 13.9. The molecule has 0 aliphatic heterocycles. The molecule has 0 spiro atoms. The van der Waals surface area contributed by atoms with Gasteiger partial charge in [-0.3, -0.25) is 0 Å². The molecule has 2 rings (SSSR count). The molecule has 2 N–H and O–H groups in total. The lowest BCUT2D eigenvalue weighted by atomic mass is 10.00. The largest absolute Gasteiger partial charge is 0.320 e. The third kappa shape index (κ3) is 3.40. The number of benzene rings is 2. The summed E-state index contributed by atoms with van der Waals surface area (Å²) in [6.07, 6.45) is 0. The van der Waals surface area contributed by atoms with E-state index in [4.69, 9.17) is 5.73 Å². The third-order valence-corrected chi connectivity index (χ3v) is 3.45. The Hall–Kier alpha value is -0.650. The van der Waals surface area contributed by atoms with Crippen LogP contribution in [0.4, 0.5) is 4.39 Å². The summed E-state index contributed by atoms with van der Waals surface area (Å²) in [5.41, 5.74) is 8.13. The van der Waals surface area contributed by atoms with Crippen LogP contribution in [-0.4, -0.2) is 0 Å². The van der Waals surface area contributed by atoms with Gasteiger partial charge in [-0.2, -0.15) is 0 Å². The maximum atomic E-state index is 12.8. The molecule has 0 fully saturated rings. The zero-order valence-electron chi connectivity index (χ0n) is 8.94. The van der Waals surface area contributed by atoms with E-state index >= 15 is 0 Å². The van der Waals surface area contributed by atoms with Gasteiger partial charge in [-0.25, -0.2) is 4.39 Å². The lowest BCUT2D eigenvalue weighted by molar-refractivity contribution is 0.626. The van der Waals surface area contributed by atoms with Crippen molar-refractivity contribution in [3.05, 3.63) is 69.0 Å². The Morgan fingerprint density at radius 3 is 2.18 bits per heavy atom. The number of hydrogen-bond acceptors (Lipinski definition) is 1. The van der Waals surface area contributed by atoms with Crippen LogP contribution in [0.3, 0.4) is 0 Å². The molecule has 0 bridgehead atoms. The van der Waals surface area contributed by atoms with Gasteiger partial charge in [0.1, 0.15) is 5.82 Å². The zero-order valence-corrected chi connectivity index (χ0v) is 11.9. The Bertz CT molecular complexity index is 487. The first-order valence-electron chi connectivity index (χ1n) is 4.94. The van der Waals surface area contributed by atoms with Gasteiger partial charge >= 0.3 is 0 Å². The van der Waals surface area contributed by atoms with Gasteiger partial charge in [-0.15, -0.1) is 12.4 Å². The van der Waals surface area contributed by atoms with E-state index in [1.807, 2.05) is 24.3 Å². The number of rotatable bonds is 2. The monoisotopic (exact) mass is 363 g/mol. The highest BCUT2D eigenvalue weighted by Crippen LogP contribution is 2.23. The average molecular weight is 364 g/mol. The second-order valence-corrected chi connectivity index (χ2v) is 4.71. The second-order valence-electron chi connectivity index (χ2n) is 3.55. The van der Waals surface area contributed by atoms with E-state index in [1.54, 1.807) is 12.1 Å². The van der Waals surface area contributed by atoms with Crippen molar-refractivity contribution in [2.75, 3.05) is 0 Å². The van der Waals surface area contributed by atoms with Crippen LogP contribution in [0.5, 0.6) is 0 Å². The molecule has 0 aliphatic carbocycles. The zero-order chi connectivity index (χ0) is 11.5. The highest BCUT2D eigenvalue weighted by Gasteiger charge is 2.11. The Kier molecular flexibility index (Phi) is 5.36. The summed E-state index contributed by atoms with van der Waals surface area (Å²) in [7, 11) is 0. The van der Waals surface area contributed by atoms with Crippen molar-refractivity contribution in [2.45, 2.75) is 6.04 Å². The lowest BCUT2D eigenvalue weighted by Crippen LogP contribution is -2.13. The molecule has 1 atom stereocenters. The van der Waals surface area contributed by atoms with E-state index in [-0.39, 0.29) is 24.3 Å². The predicted octanol–water partition coefficient (Wildman–Crippen LogP) is 3.90.